The Morgan fingerprint density at radius 2 is 1.93 bits per heavy atom. The molecule has 1 fully saturated rings. The van der Waals surface area contributed by atoms with Crippen molar-refractivity contribution in [3.05, 3.63) is 35.4 Å². The molecular formula is C12H14O2. The fraction of sp³-hybridized carbons (Fsp3) is 0.417. The number of benzene rings is 1. The van der Waals surface area contributed by atoms with Crippen LogP contribution in [0.3, 0.4) is 0 Å². The van der Waals surface area contributed by atoms with Gasteiger partial charge in [-0.1, -0.05) is 24.3 Å². The molecule has 1 aliphatic rings. The van der Waals surface area contributed by atoms with Crippen LogP contribution in [0, 0.1) is 0 Å². The highest BCUT2D eigenvalue weighted by atomic mass is 16.3. The van der Waals surface area contributed by atoms with E-state index >= 15 is 0 Å². The number of carbonyl (C=O) groups excluding carboxylic acids is 1. The van der Waals surface area contributed by atoms with Crippen LogP contribution in [0.4, 0.5) is 0 Å². The maximum atomic E-state index is 10.5. The van der Waals surface area contributed by atoms with Gasteiger partial charge >= 0.3 is 0 Å². The zero-order chi connectivity index (χ0) is 9.97. The van der Waals surface area contributed by atoms with Crippen molar-refractivity contribution in [1.29, 1.82) is 0 Å². The molecule has 2 nitrogen and oxygen atoms in total. The molecule has 0 heterocycles. The van der Waals surface area contributed by atoms with Crippen molar-refractivity contribution in [3.63, 3.8) is 0 Å². The summed E-state index contributed by atoms with van der Waals surface area (Å²) in [6.45, 7) is 0. The number of hydrogen-bond donors (Lipinski definition) is 1. The summed E-state index contributed by atoms with van der Waals surface area (Å²) in [5.41, 5.74) is 1.96. The molecule has 1 saturated carbocycles. The van der Waals surface area contributed by atoms with Gasteiger partial charge in [0, 0.05) is 5.56 Å². The SMILES string of the molecule is O=Cc1ccc(C2CCC(O)C2)cc1. The molecule has 1 N–H and O–H groups in total. The van der Waals surface area contributed by atoms with E-state index in [0.29, 0.717) is 11.5 Å². The Morgan fingerprint density at radius 3 is 2.43 bits per heavy atom. The standard InChI is InChI=1S/C12H14O2/c13-8-9-1-3-10(4-2-9)11-5-6-12(14)7-11/h1-4,8,11-12,14H,5-7H2. The van der Waals surface area contributed by atoms with Gasteiger partial charge in [-0.05, 0) is 30.7 Å². The fourth-order valence-corrected chi connectivity index (χ4v) is 2.11. The average Bonchev–Trinajstić information content (AvgIpc) is 2.65. The minimum Gasteiger partial charge on any atom is -0.393 e. The van der Waals surface area contributed by atoms with E-state index in [-0.39, 0.29) is 6.10 Å². The summed E-state index contributed by atoms with van der Waals surface area (Å²) < 4.78 is 0. The van der Waals surface area contributed by atoms with Crippen LogP contribution in [0.25, 0.3) is 0 Å². The molecule has 2 atom stereocenters. The van der Waals surface area contributed by atoms with Crippen LogP contribution < -0.4 is 0 Å². The highest BCUT2D eigenvalue weighted by Gasteiger charge is 2.23. The third kappa shape index (κ3) is 1.85. The summed E-state index contributed by atoms with van der Waals surface area (Å²) >= 11 is 0. The van der Waals surface area contributed by atoms with Crippen molar-refractivity contribution >= 4 is 6.29 Å². The molecule has 14 heavy (non-hydrogen) atoms. The summed E-state index contributed by atoms with van der Waals surface area (Å²) in [5.74, 6) is 0.478. The van der Waals surface area contributed by atoms with Gasteiger partial charge < -0.3 is 5.11 Å². The predicted octanol–water partition coefficient (Wildman–Crippen LogP) is 2.13. The smallest absolute Gasteiger partial charge is 0.150 e. The number of aldehydes is 1. The third-order valence-corrected chi connectivity index (χ3v) is 2.95. The second kappa shape index (κ2) is 3.93. The molecule has 0 saturated heterocycles. The van der Waals surface area contributed by atoms with E-state index in [1.807, 2.05) is 24.3 Å². The Balaban J connectivity index is 2.13. The highest BCUT2D eigenvalue weighted by Crippen LogP contribution is 2.34. The van der Waals surface area contributed by atoms with Crippen molar-refractivity contribution in [2.45, 2.75) is 31.3 Å². The first-order valence-electron chi connectivity index (χ1n) is 5.03. The summed E-state index contributed by atoms with van der Waals surface area (Å²) in [4.78, 5) is 10.5. The molecule has 1 aromatic carbocycles. The molecule has 0 bridgehead atoms. The Kier molecular flexibility index (Phi) is 2.64. The van der Waals surface area contributed by atoms with E-state index in [1.165, 1.54) is 5.56 Å². The van der Waals surface area contributed by atoms with Crippen molar-refractivity contribution in [2.24, 2.45) is 0 Å². The van der Waals surface area contributed by atoms with Gasteiger partial charge in [-0.25, -0.2) is 0 Å². The van der Waals surface area contributed by atoms with Crippen LogP contribution >= 0.6 is 0 Å². The molecule has 0 aromatic heterocycles. The lowest BCUT2D eigenvalue weighted by Gasteiger charge is -2.09. The predicted molar refractivity (Wildman–Crippen MR) is 54.4 cm³/mol. The molecule has 2 rings (SSSR count). The van der Waals surface area contributed by atoms with Gasteiger partial charge in [0.25, 0.3) is 0 Å². The number of aliphatic hydroxyl groups is 1. The zero-order valence-electron chi connectivity index (χ0n) is 8.02. The topological polar surface area (TPSA) is 37.3 Å². The van der Waals surface area contributed by atoms with Crippen LogP contribution in [-0.2, 0) is 0 Å². The van der Waals surface area contributed by atoms with Crippen LogP contribution in [0.15, 0.2) is 24.3 Å². The van der Waals surface area contributed by atoms with Crippen molar-refractivity contribution in [1.82, 2.24) is 0 Å². The molecular weight excluding hydrogens is 176 g/mol. The highest BCUT2D eigenvalue weighted by molar-refractivity contribution is 5.74. The van der Waals surface area contributed by atoms with Crippen molar-refractivity contribution in [2.75, 3.05) is 0 Å². The summed E-state index contributed by atoms with van der Waals surface area (Å²) in [5, 5.41) is 9.41. The lowest BCUT2D eigenvalue weighted by molar-refractivity contribution is 0.112. The molecule has 1 aliphatic carbocycles. The number of carbonyl (C=O) groups is 1. The number of rotatable bonds is 2. The van der Waals surface area contributed by atoms with Crippen LogP contribution in [0.5, 0.6) is 0 Å². The maximum absolute atomic E-state index is 10.5. The second-order valence-corrected chi connectivity index (χ2v) is 3.95. The summed E-state index contributed by atoms with van der Waals surface area (Å²) in [6, 6.07) is 7.67. The van der Waals surface area contributed by atoms with E-state index in [1.54, 1.807) is 0 Å². The second-order valence-electron chi connectivity index (χ2n) is 3.95. The Bertz CT molecular complexity index is 316. The first-order chi connectivity index (χ1) is 6.79. The minimum absolute atomic E-state index is 0.134. The first kappa shape index (κ1) is 9.41. The largest absolute Gasteiger partial charge is 0.393 e. The monoisotopic (exact) mass is 190 g/mol. The van der Waals surface area contributed by atoms with E-state index in [0.717, 1.165) is 25.5 Å². The normalized spacial score (nSPS) is 26.4. The first-order valence-corrected chi connectivity index (χ1v) is 5.03. The lowest BCUT2D eigenvalue weighted by Crippen LogP contribution is -1.99. The van der Waals surface area contributed by atoms with Crippen molar-refractivity contribution in [3.8, 4) is 0 Å². The van der Waals surface area contributed by atoms with Gasteiger partial charge in [0.05, 0.1) is 6.10 Å². The Hall–Kier alpha value is -1.15. The molecule has 0 spiro atoms. The number of hydrogen-bond acceptors (Lipinski definition) is 2. The van der Waals surface area contributed by atoms with E-state index < -0.39 is 0 Å². The van der Waals surface area contributed by atoms with E-state index in [9.17, 15) is 9.90 Å². The quantitative estimate of drug-likeness (QED) is 0.725. The molecule has 1 aromatic rings. The van der Waals surface area contributed by atoms with Crippen molar-refractivity contribution < 1.29 is 9.90 Å². The van der Waals surface area contributed by atoms with E-state index in [4.69, 9.17) is 0 Å². The third-order valence-electron chi connectivity index (χ3n) is 2.95. The maximum Gasteiger partial charge on any atom is 0.150 e. The van der Waals surface area contributed by atoms with Crippen LogP contribution in [-0.4, -0.2) is 17.5 Å². The molecule has 0 aliphatic heterocycles. The lowest BCUT2D eigenvalue weighted by atomic mass is 9.97. The average molecular weight is 190 g/mol. The van der Waals surface area contributed by atoms with Gasteiger partial charge in [-0.2, -0.15) is 0 Å². The molecule has 0 amide bonds. The van der Waals surface area contributed by atoms with Gasteiger partial charge in [-0.3, -0.25) is 4.79 Å². The van der Waals surface area contributed by atoms with Crippen LogP contribution in [0.2, 0.25) is 0 Å². The Labute approximate surface area is 83.6 Å². The number of aliphatic hydroxyl groups excluding tert-OH is 1. The van der Waals surface area contributed by atoms with E-state index in [2.05, 4.69) is 0 Å². The van der Waals surface area contributed by atoms with Gasteiger partial charge in [0.2, 0.25) is 0 Å². The molecule has 0 radical (unpaired) electrons. The van der Waals surface area contributed by atoms with Crippen LogP contribution in [0.1, 0.15) is 41.1 Å². The minimum atomic E-state index is -0.134. The zero-order valence-corrected chi connectivity index (χ0v) is 8.02. The van der Waals surface area contributed by atoms with Gasteiger partial charge in [0.15, 0.2) is 0 Å². The summed E-state index contributed by atoms with van der Waals surface area (Å²) in [6.07, 6.45) is 3.54. The summed E-state index contributed by atoms with van der Waals surface area (Å²) in [7, 11) is 0. The Morgan fingerprint density at radius 1 is 1.21 bits per heavy atom. The molecule has 2 unspecified atom stereocenters. The molecule has 74 valence electrons. The fourth-order valence-electron chi connectivity index (χ4n) is 2.11. The molecule has 2 heteroatoms. The van der Waals surface area contributed by atoms with Gasteiger partial charge in [-0.15, -0.1) is 0 Å². The van der Waals surface area contributed by atoms with Gasteiger partial charge in [0.1, 0.15) is 6.29 Å².